The molecule has 0 unspecified atom stereocenters. The maximum atomic E-state index is 11.8. The van der Waals surface area contributed by atoms with Gasteiger partial charge in [-0.15, -0.1) is 0 Å². The molecule has 98 valence electrons. The number of carbonyl (C=O) groups excluding carboxylic acids is 1. The van der Waals surface area contributed by atoms with Crippen molar-refractivity contribution < 1.29 is 4.79 Å². The Balaban J connectivity index is 2.36. The minimum atomic E-state index is -0.109. The van der Waals surface area contributed by atoms with Gasteiger partial charge >= 0.3 is 0 Å². The Bertz CT molecular complexity index is 454. The van der Waals surface area contributed by atoms with E-state index in [1.165, 1.54) is 0 Å². The van der Waals surface area contributed by atoms with Gasteiger partial charge in [-0.05, 0) is 53.4 Å². The second-order valence-electron chi connectivity index (χ2n) is 3.81. The van der Waals surface area contributed by atoms with Gasteiger partial charge in [0.15, 0.2) is 0 Å². The molecule has 0 saturated carbocycles. The Hall–Kier alpha value is -0.650. The summed E-state index contributed by atoms with van der Waals surface area (Å²) in [4.78, 5) is 12.3. The summed E-state index contributed by atoms with van der Waals surface area (Å²) < 4.78 is 0.713. The number of rotatable bonds is 6. The fraction of sp³-hybridized carbons (Fsp3) is 0.333. The molecule has 0 bridgehead atoms. The molecule has 3 N–H and O–H groups in total. The lowest BCUT2D eigenvalue weighted by Gasteiger charge is -2.06. The van der Waals surface area contributed by atoms with Crippen LogP contribution >= 0.6 is 39.7 Å². The van der Waals surface area contributed by atoms with E-state index in [4.69, 9.17) is 29.6 Å². The molecule has 1 aromatic rings. The minimum Gasteiger partial charge on any atom is -0.393 e. The predicted octanol–water partition coefficient (Wildman–Crippen LogP) is 3.29. The maximum absolute atomic E-state index is 11.8. The number of halogens is 2. The molecule has 0 aromatic heterocycles. The number of nitrogens with one attached hydrogen (secondary N) is 1. The lowest BCUT2D eigenvalue weighted by Crippen LogP contribution is -2.24. The van der Waals surface area contributed by atoms with Gasteiger partial charge in [-0.3, -0.25) is 4.79 Å². The number of hydrogen-bond acceptors (Lipinski definition) is 2. The molecule has 0 aliphatic heterocycles. The van der Waals surface area contributed by atoms with Crippen LogP contribution in [-0.2, 0) is 0 Å². The maximum Gasteiger partial charge on any atom is 0.251 e. The second-order valence-corrected chi connectivity index (χ2v) is 5.59. The smallest absolute Gasteiger partial charge is 0.251 e. The number of thiocarbonyl (C=S) groups is 1. The summed E-state index contributed by atoms with van der Waals surface area (Å²) >= 11 is 13.9. The highest BCUT2D eigenvalue weighted by molar-refractivity contribution is 9.10. The fourth-order valence-electron chi connectivity index (χ4n) is 1.37. The standard InChI is InChI=1S/C12H14BrClN2OS/c13-9-7-8(4-5-10(9)14)12(17)16-6-2-1-3-11(15)18/h4-5,7H,1-3,6H2,(H2,15,18)(H,16,17). The average molecular weight is 350 g/mol. The van der Waals surface area contributed by atoms with Crippen molar-refractivity contribution in [2.75, 3.05) is 6.54 Å². The molecule has 6 heteroatoms. The van der Waals surface area contributed by atoms with Crippen LogP contribution in [0.1, 0.15) is 29.6 Å². The Kier molecular flexibility index (Phi) is 6.60. The number of amides is 1. The molecule has 0 atom stereocenters. The molecule has 0 heterocycles. The van der Waals surface area contributed by atoms with E-state index in [1.807, 2.05) is 0 Å². The van der Waals surface area contributed by atoms with Gasteiger partial charge in [0.25, 0.3) is 5.91 Å². The summed E-state index contributed by atoms with van der Waals surface area (Å²) in [7, 11) is 0. The Labute approximate surface area is 125 Å². The van der Waals surface area contributed by atoms with Crippen molar-refractivity contribution in [3.63, 3.8) is 0 Å². The third-order valence-electron chi connectivity index (χ3n) is 2.32. The van der Waals surface area contributed by atoms with Crippen LogP contribution in [0.5, 0.6) is 0 Å². The van der Waals surface area contributed by atoms with Gasteiger partial charge in [-0.25, -0.2) is 0 Å². The van der Waals surface area contributed by atoms with E-state index >= 15 is 0 Å². The van der Waals surface area contributed by atoms with Gasteiger partial charge in [0, 0.05) is 16.6 Å². The van der Waals surface area contributed by atoms with Crippen molar-refractivity contribution in [2.45, 2.75) is 19.3 Å². The molecule has 0 spiro atoms. The van der Waals surface area contributed by atoms with Crippen LogP contribution in [0.4, 0.5) is 0 Å². The third kappa shape index (κ3) is 5.33. The van der Waals surface area contributed by atoms with E-state index in [2.05, 4.69) is 21.2 Å². The zero-order chi connectivity index (χ0) is 13.5. The molecule has 1 amide bonds. The van der Waals surface area contributed by atoms with E-state index < -0.39 is 0 Å². The van der Waals surface area contributed by atoms with E-state index in [0.717, 1.165) is 19.3 Å². The number of nitrogens with two attached hydrogens (primary N) is 1. The minimum absolute atomic E-state index is 0.109. The van der Waals surface area contributed by atoms with Gasteiger partial charge in [0.1, 0.15) is 0 Å². The predicted molar refractivity (Wildman–Crippen MR) is 82.1 cm³/mol. The quantitative estimate of drug-likeness (QED) is 0.612. The van der Waals surface area contributed by atoms with E-state index in [0.29, 0.717) is 26.6 Å². The van der Waals surface area contributed by atoms with Crippen LogP contribution in [0.25, 0.3) is 0 Å². The third-order valence-corrected chi connectivity index (χ3v) is 3.74. The van der Waals surface area contributed by atoms with Crippen molar-refractivity contribution >= 4 is 50.6 Å². The first-order valence-electron chi connectivity index (χ1n) is 5.52. The SMILES string of the molecule is NC(=S)CCCCNC(=O)c1ccc(Cl)c(Br)c1. The van der Waals surface area contributed by atoms with Gasteiger partial charge in [0.05, 0.1) is 10.0 Å². The summed E-state index contributed by atoms with van der Waals surface area (Å²) in [5.74, 6) is -0.109. The van der Waals surface area contributed by atoms with Crippen molar-refractivity contribution in [3.05, 3.63) is 33.3 Å². The number of unbranched alkanes of at least 4 members (excludes halogenated alkanes) is 1. The zero-order valence-corrected chi connectivity index (χ0v) is 12.9. The molecule has 3 nitrogen and oxygen atoms in total. The van der Waals surface area contributed by atoms with Crippen molar-refractivity contribution in [3.8, 4) is 0 Å². The summed E-state index contributed by atoms with van der Waals surface area (Å²) in [5, 5.41) is 3.42. The highest BCUT2D eigenvalue weighted by Gasteiger charge is 2.06. The second kappa shape index (κ2) is 7.71. The molecule has 0 saturated heterocycles. The van der Waals surface area contributed by atoms with Crippen LogP contribution in [0.3, 0.4) is 0 Å². The average Bonchev–Trinajstić information content (AvgIpc) is 2.31. The first kappa shape index (κ1) is 15.4. The van der Waals surface area contributed by atoms with Crippen LogP contribution in [0.15, 0.2) is 22.7 Å². The van der Waals surface area contributed by atoms with Crippen molar-refractivity contribution in [1.29, 1.82) is 0 Å². The summed E-state index contributed by atoms with van der Waals surface area (Å²) in [6, 6.07) is 5.08. The normalized spacial score (nSPS) is 10.1. The molecule has 0 fully saturated rings. The van der Waals surface area contributed by atoms with E-state index in [1.54, 1.807) is 18.2 Å². The number of benzene rings is 1. The van der Waals surface area contributed by atoms with Gasteiger partial charge < -0.3 is 11.1 Å². The topological polar surface area (TPSA) is 55.1 Å². The Morgan fingerprint density at radius 3 is 2.78 bits per heavy atom. The fourth-order valence-corrected chi connectivity index (χ4v) is 2.01. The van der Waals surface area contributed by atoms with Gasteiger partial charge in [0.2, 0.25) is 0 Å². The highest BCUT2D eigenvalue weighted by Crippen LogP contribution is 2.23. The van der Waals surface area contributed by atoms with Crippen LogP contribution in [-0.4, -0.2) is 17.4 Å². The first-order chi connectivity index (χ1) is 8.50. The van der Waals surface area contributed by atoms with Crippen LogP contribution in [0.2, 0.25) is 5.02 Å². The first-order valence-corrected chi connectivity index (χ1v) is 7.10. The van der Waals surface area contributed by atoms with Gasteiger partial charge in [-0.2, -0.15) is 0 Å². The number of hydrogen-bond donors (Lipinski definition) is 2. The zero-order valence-electron chi connectivity index (χ0n) is 9.71. The van der Waals surface area contributed by atoms with Gasteiger partial charge in [-0.1, -0.05) is 23.8 Å². The Morgan fingerprint density at radius 1 is 1.44 bits per heavy atom. The largest absolute Gasteiger partial charge is 0.393 e. The lowest BCUT2D eigenvalue weighted by molar-refractivity contribution is 0.0953. The molecule has 0 aliphatic rings. The Morgan fingerprint density at radius 2 is 2.17 bits per heavy atom. The molecule has 1 rings (SSSR count). The van der Waals surface area contributed by atoms with Crippen molar-refractivity contribution in [2.24, 2.45) is 5.73 Å². The summed E-state index contributed by atoms with van der Waals surface area (Å²) in [6.07, 6.45) is 2.47. The molecular weight excluding hydrogens is 336 g/mol. The summed E-state index contributed by atoms with van der Waals surface area (Å²) in [5.41, 5.74) is 5.97. The monoisotopic (exact) mass is 348 g/mol. The lowest BCUT2D eigenvalue weighted by atomic mass is 10.2. The van der Waals surface area contributed by atoms with E-state index in [9.17, 15) is 4.79 Å². The van der Waals surface area contributed by atoms with Crippen LogP contribution in [0, 0.1) is 0 Å². The summed E-state index contributed by atoms with van der Waals surface area (Å²) in [6.45, 7) is 0.613. The van der Waals surface area contributed by atoms with Crippen LogP contribution < -0.4 is 11.1 Å². The number of carbonyl (C=O) groups is 1. The molecule has 18 heavy (non-hydrogen) atoms. The molecule has 1 aromatic carbocycles. The molecular formula is C12H14BrClN2OS. The molecule has 0 radical (unpaired) electrons. The molecule has 0 aliphatic carbocycles. The van der Waals surface area contributed by atoms with E-state index in [-0.39, 0.29) is 5.91 Å². The highest BCUT2D eigenvalue weighted by atomic mass is 79.9. The van der Waals surface area contributed by atoms with Crippen molar-refractivity contribution in [1.82, 2.24) is 5.32 Å².